The molecule has 0 aromatic heterocycles. The minimum Gasteiger partial charge on any atom is -0.494 e. The van der Waals surface area contributed by atoms with Crippen LogP contribution in [0.15, 0.2) is 48.5 Å². The smallest absolute Gasteiger partial charge is 0.251 e. The van der Waals surface area contributed by atoms with Crippen LogP contribution < -0.4 is 15.4 Å². The Morgan fingerprint density at radius 3 is 2.69 bits per heavy atom. The van der Waals surface area contributed by atoms with Crippen LogP contribution in [-0.4, -0.2) is 31.6 Å². The molecule has 0 aliphatic carbocycles. The molecule has 1 saturated heterocycles. The summed E-state index contributed by atoms with van der Waals surface area (Å²) < 4.78 is 5.55. The van der Waals surface area contributed by atoms with Gasteiger partial charge in [-0.2, -0.15) is 0 Å². The summed E-state index contributed by atoms with van der Waals surface area (Å²) in [5.41, 5.74) is 2.86. The second kappa shape index (κ2) is 10.2. The Morgan fingerprint density at radius 1 is 1.19 bits per heavy atom. The van der Waals surface area contributed by atoms with Crippen LogP contribution in [0.25, 0.3) is 11.1 Å². The van der Waals surface area contributed by atoms with Gasteiger partial charge in [0.15, 0.2) is 0 Å². The van der Waals surface area contributed by atoms with Crippen LogP contribution in [0.1, 0.15) is 36.5 Å². The van der Waals surface area contributed by atoms with Gasteiger partial charge >= 0.3 is 0 Å². The number of amides is 1. The topological polar surface area (TPSA) is 50.4 Å². The second-order valence-electron chi connectivity index (χ2n) is 6.38. The van der Waals surface area contributed by atoms with Crippen LogP contribution in [0.3, 0.4) is 0 Å². The van der Waals surface area contributed by atoms with Gasteiger partial charge in [0.25, 0.3) is 5.91 Å². The molecule has 5 heteroatoms. The minimum absolute atomic E-state index is 0. The van der Waals surface area contributed by atoms with Crippen LogP contribution in [-0.2, 0) is 0 Å². The molecule has 1 aliphatic rings. The van der Waals surface area contributed by atoms with E-state index in [1.165, 1.54) is 12.8 Å². The monoisotopic (exact) mass is 374 g/mol. The van der Waals surface area contributed by atoms with Crippen LogP contribution in [0, 0.1) is 0 Å². The van der Waals surface area contributed by atoms with Gasteiger partial charge in [0.05, 0.1) is 6.61 Å². The molecule has 26 heavy (non-hydrogen) atoms. The maximum atomic E-state index is 12.3. The van der Waals surface area contributed by atoms with E-state index in [2.05, 4.69) is 10.6 Å². The molecule has 1 aliphatic heterocycles. The fourth-order valence-corrected chi connectivity index (χ4v) is 3.21. The van der Waals surface area contributed by atoms with E-state index in [4.69, 9.17) is 4.74 Å². The van der Waals surface area contributed by atoms with E-state index in [0.717, 1.165) is 29.8 Å². The zero-order valence-corrected chi connectivity index (χ0v) is 16.0. The standard InChI is InChI=1S/C21H26N2O2.ClH/c1-2-25-20-7-3-5-18(15-20)16-8-10-17(11-9-16)21(24)23-14-12-19-6-4-13-22-19;/h3,5,7-11,15,19,22H,2,4,6,12-14H2,1H3,(H,23,24);1H/t19-;/m1./s1. The highest BCUT2D eigenvalue weighted by Crippen LogP contribution is 2.24. The summed E-state index contributed by atoms with van der Waals surface area (Å²) in [6.45, 7) is 4.45. The van der Waals surface area contributed by atoms with Gasteiger partial charge in [0, 0.05) is 18.2 Å². The molecule has 2 aromatic rings. The average molecular weight is 375 g/mol. The summed E-state index contributed by atoms with van der Waals surface area (Å²) in [6.07, 6.45) is 3.45. The highest BCUT2D eigenvalue weighted by atomic mass is 35.5. The fraction of sp³-hybridized carbons (Fsp3) is 0.381. The number of carbonyl (C=O) groups is 1. The summed E-state index contributed by atoms with van der Waals surface area (Å²) in [4.78, 5) is 12.3. The number of halogens is 1. The highest BCUT2D eigenvalue weighted by Gasteiger charge is 2.14. The third-order valence-corrected chi connectivity index (χ3v) is 4.57. The number of benzene rings is 2. The fourth-order valence-electron chi connectivity index (χ4n) is 3.21. The van der Waals surface area contributed by atoms with Crippen molar-refractivity contribution in [3.8, 4) is 16.9 Å². The largest absolute Gasteiger partial charge is 0.494 e. The zero-order valence-electron chi connectivity index (χ0n) is 15.2. The van der Waals surface area contributed by atoms with Crippen molar-refractivity contribution in [3.63, 3.8) is 0 Å². The predicted octanol–water partition coefficient (Wildman–Crippen LogP) is 4.05. The molecule has 2 N–H and O–H groups in total. The first-order valence-corrected chi connectivity index (χ1v) is 9.11. The molecule has 1 heterocycles. The van der Waals surface area contributed by atoms with Gasteiger partial charge < -0.3 is 15.4 Å². The zero-order chi connectivity index (χ0) is 17.5. The number of ether oxygens (including phenoxy) is 1. The molecule has 0 saturated carbocycles. The lowest BCUT2D eigenvalue weighted by molar-refractivity contribution is 0.0952. The van der Waals surface area contributed by atoms with E-state index in [9.17, 15) is 4.79 Å². The van der Waals surface area contributed by atoms with Crippen molar-refractivity contribution >= 4 is 18.3 Å². The van der Waals surface area contributed by atoms with Gasteiger partial charge in [-0.3, -0.25) is 4.79 Å². The first-order valence-electron chi connectivity index (χ1n) is 9.11. The third-order valence-electron chi connectivity index (χ3n) is 4.57. The molecule has 4 nitrogen and oxygen atoms in total. The van der Waals surface area contributed by atoms with Crippen LogP contribution in [0.4, 0.5) is 0 Å². The van der Waals surface area contributed by atoms with Crippen molar-refractivity contribution < 1.29 is 9.53 Å². The molecule has 140 valence electrons. The van der Waals surface area contributed by atoms with Crippen molar-refractivity contribution in [2.75, 3.05) is 19.7 Å². The molecule has 1 amide bonds. The highest BCUT2D eigenvalue weighted by molar-refractivity contribution is 5.94. The summed E-state index contributed by atoms with van der Waals surface area (Å²) >= 11 is 0. The van der Waals surface area contributed by atoms with E-state index < -0.39 is 0 Å². The maximum absolute atomic E-state index is 12.3. The lowest BCUT2D eigenvalue weighted by Gasteiger charge is -2.11. The number of hydrogen-bond donors (Lipinski definition) is 2. The van der Waals surface area contributed by atoms with Gasteiger partial charge in [-0.15, -0.1) is 12.4 Å². The quantitative estimate of drug-likeness (QED) is 0.768. The van der Waals surface area contributed by atoms with Crippen LogP contribution >= 0.6 is 12.4 Å². The predicted molar refractivity (Wildman–Crippen MR) is 108 cm³/mol. The molecular formula is C21H27ClN2O2. The number of carbonyl (C=O) groups excluding carboxylic acids is 1. The summed E-state index contributed by atoms with van der Waals surface area (Å²) in [5.74, 6) is 0.856. The molecular weight excluding hydrogens is 348 g/mol. The van der Waals surface area contributed by atoms with E-state index >= 15 is 0 Å². The maximum Gasteiger partial charge on any atom is 0.251 e. The molecule has 0 radical (unpaired) electrons. The molecule has 0 spiro atoms. The normalized spacial score (nSPS) is 16.0. The van der Waals surface area contributed by atoms with Crippen molar-refractivity contribution in [2.45, 2.75) is 32.2 Å². The molecule has 3 rings (SSSR count). The Hall–Kier alpha value is -2.04. The van der Waals surface area contributed by atoms with E-state index in [1.54, 1.807) is 0 Å². The lowest BCUT2D eigenvalue weighted by atomic mass is 10.0. The summed E-state index contributed by atoms with van der Waals surface area (Å²) in [6, 6.07) is 16.3. The second-order valence-corrected chi connectivity index (χ2v) is 6.38. The van der Waals surface area contributed by atoms with Crippen LogP contribution in [0.5, 0.6) is 5.75 Å². The molecule has 2 aromatic carbocycles. The molecule has 0 bridgehead atoms. The van der Waals surface area contributed by atoms with Crippen molar-refractivity contribution in [3.05, 3.63) is 54.1 Å². The van der Waals surface area contributed by atoms with Gasteiger partial charge in [0.2, 0.25) is 0 Å². The summed E-state index contributed by atoms with van der Waals surface area (Å²) in [7, 11) is 0. The van der Waals surface area contributed by atoms with Gasteiger partial charge in [0.1, 0.15) is 5.75 Å². The number of rotatable bonds is 7. The van der Waals surface area contributed by atoms with Crippen molar-refractivity contribution in [1.29, 1.82) is 0 Å². The van der Waals surface area contributed by atoms with E-state index in [1.807, 2.05) is 55.5 Å². The first kappa shape index (κ1) is 20.3. The Bertz CT molecular complexity index is 697. The van der Waals surface area contributed by atoms with Crippen molar-refractivity contribution in [1.82, 2.24) is 10.6 Å². The molecule has 1 fully saturated rings. The van der Waals surface area contributed by atoms with Crippen molar-refractivity contribution in [2.24, 2.45) is 0 Å². The van der Waals surface area contributed by atoms with E-state index in [-0.39, 0.29) is 18.3 Å². The van der Waals surface area contributed by atoms with Gasteiger partial charge in [-0.1, -0.05) is 24.3 Å². The number of hydrogen-bond acceptors (Lipinski definition) is 3. The first-order chi connectivity index (χ1) is 12.3. The molecule has 1 atom stereocenters. The number of nitrogens with one attached hydrogen (secondary N) is 2. The minimum atomic E-state index is -0.00684. The Kier molecular flexibility index (Phi) is 7.95. The van der Waals surface area contributed by atoms with Crippen LogP contribution in [0.2, 0.25) is 0 Å². The third kappa shape index (κ3) is 5.48. The lowest BCUT2D eigenvalue weighted by Crippen LogP contribution is -2.30. The van der Waals surface area contributed by atoms with Gasteiger partial charge in [-0.05, 0) is 68.1 Å². The Labute approximate surface area is 161 Å². The Balaban J connectivity index is 0.00000243. The molecule has 0 unspecified atom stereocenters. The van der Waals surface area contributed by atoms with E-state index in [0.29, 0.717) is 24.8 Å². The Morgan fingerprint density at radius 2 is 2.00 bits per heavy atom. The average Bonchev–Trinajstić information content (AvgIpc) is 3.16. The van der Waals surface area contributed by atoms with Gasteiger partial charge in [-0.25, -0.2) is 0 Å². The SMILES string of the molecule is CCOc1cccc(-c2ccc(C(=O)NCC[C@H]3CCCN3)cc2)c1.Cl. The summed E-state index contributed by atoms with van der Waals surface area (Å²) in [5, 5.41) is 6.46.